The molecule has 5 rings (SSSR count). The van der Waals surface area contributed by atoms with Gasteiger partial charge in [0.05, 0.1) is 24.5 Å². The number of methoxy groups -OCH3 is 1. The summed E-state index contributed by atoms with van der Waals surface area (Å²) < 4.78 is 17.5. The first-order valence-corrected chi connectivity index (χ1v) is 12.8. The maximum atomic E-state index is 13.2. The summed E-state index contributed by atoms with van der Waals surface area (Å²) in [5, 5.41) is 12.1. The summed E-state index contributed by atoms with van der Waals surface area (Å²) in [6, 6.07) is 3.47. The van der Waals surface area contributed by atoms with E-state index in [2.05, 4.69) is 25.5 Å². The van der Waals surface area contributed by atoms with Crippen molar-refractivity contribution in [2.45, 2.75) is 57.2 Å². The van der Waals surface area contributed by atoms with Crippen LogP contribution in [0.1, 0.15) is 54.6 Å². The predicted octanol–water partition coefficient (Wildman–Crippen LogP) is 5.09. The van der Waals surface area contributed by atoms with Gasteiger partial charge in [-0.15, -0.1) is 5.10 Å². The molecular formula is C24H26ClN5O4S. The van der Waals surface area contributed by atoms with Gasteiger partial charge in [0.1, 0.15) is 17.0 Å². The molecule has 184 valence electrons. The molecule has 1 saturated carbocycles. The van der Waals surface area contributed by atoms with Crippen LogP contribution in [0.25, 0.3) is 11.1 Å². The molecule has 0 radical (unpaired) electrons. The van der Waals surface area contributed by atoms with E-state index in [0.29, 0.717) is 37.9 Å². The normalized spacial score (nSPS) is 21.7. The molecule has 1 amide bonds. The van der Waals surface area contributed by atoms with Gasteiger partial charge >= 0.3 is 0 Å². The van der Waals surface area contributed by atoms with Gasteiger partial charge in [0.15, 0.2) is 0 Å². The van der Waals surface area contributed by atoms with Crippen molar-refractivity contribution in [3.05, 3.63) is 40.9 Å². The van der Waals surface area contributed by atoms with Crippen LogP contribution in [0, 0.1) is 6.92 Å². The quantitative estimate of drug-likeness (QED) is 0.452. The Balaban J connectivity index is 1.29. The van der Waals surface area contributed by atoms with E-state index in [1.54, 1.807) is 6.07 Å². The van der Waals surface area contributed by atoms with Crippen molar-refractivity contribution in [3.63, 3.8) is 0 Å². The molecule has 0 bridgehead atoms. The standard InChI is InChI=1S/C24H26ClN5O4S/c1-14-10-16(17-11-20(25)27-13-19(17)32-2)18(12-26-14)21(31)28-22-29-30-23(35-22)34-15-4-7-24(8-5-15)6-3-9-33-24/h10-13,15H,3-9H2,1-2H3,(H,28,29,31)/t15-,24+. The number of hydrogen-bond donors (Lipinski definition) is 1. The summed E-state index contributed by atoms with van der Waals surface area (Å²) in [4.78, 5) is 21.6. The van der Waals surface area contributed by atoms with Crippen molar-refractivity contribution in [1.82, 2.24) is 20.2 Å². The molecule has 4 heterocycles. The van der Waals surface area contributed by atoms with Crippen LogP contribution in [0.4, 0.5) is 5.13 Å². The Labute approximate surface area is 212 Å². The Hall–Kier alpha value is -2.82. The lowest BCUT2D eigenvalue weighted by Gasteiger charge is -2.35. The number of aryl methyl sites for hydroxylation is 1. The first-order valence-electron chi connectivity index (χ1n) is 11.6. The van der Waals surface area contributed by atoms with Gasteiger partial charge in [-0.1, -0.05) is 16.7 Å². The maximum absolute atomic E-state index is 13.2. The molecule has 11 heteroatoms. The Morgan fingerprint density at radius 3 is 2.74 bits per heavy atom. The van der Waals surface area contributed by atoms with E-state index in [9.17, 15) is 4.79 Å². The smallest absolute Gasteiger partial charge is 0.296 e. The molecule has 3 aromatic rings. The topological polar surface area (TPSA) is 108 Å². The molecule has 3 aromatic heterocycles. The summed E-state index contributed by atoms with van der Waals surface area (Å²) >= 11 is 7.33. The number of pyridine rings is 2. The molecule has 1 saturated heterocycles. The Morgan fingerprint density at radius 1 is 1.17 bits per heavy atom. The van der Waals surface area contributed by atoms with Gasteiger partial charge in [0.25, 0.3) is 11.1 Å². The average Bonchev–Trinajstić information content (AvgIpc) is 3.50. The molecule has 9 nitrogen and oxygen atoms in total. The average molecular weight is 516 g/mol. The second kappa shape index (κ2) is 10.0. The van der Waals surface area contributed by atoms with Crippen molar-refractivity contribution >= 4 is 34.0 Å². The minimum absolute atomic E-state index is 0.0572. The first kappa shape index (κ1) is 23.9. The maximum Gasteiger partial charge on any atom is 0.296 e. The van der Waals surface area contributed by atoms with Crippen molar-refractivity contribution in [2.75, 3.05) is 19.0 Å². The molecule has 1 spiro atoms. The van der Waals surface area contributed by atoms with Crippen LogP contribution in [-0.4, -0.2) is 51.5 Å². The number of carbonyl (C=O) groups excluding carboxylic acids is 1. The second-order valence-electron chi connectivity index (χ2n) is 8.86. The minimum Gasteiger partial charge on any atom is -0.494 e. The molecule has 2 aliphatic rings. The van der Waals surface area contributed by atoms with Gasteiger partial charge in [-0.25, -0.2) is 4.98 Å². The highest BCUT2D eigenvalue weighted by atomic mass is 35.5. The van der Waals surface area contributed by atoms with Gasteiger partial charge in [-0.3, -0.25) is 15.1 Å². The number of carbonyl (C=O) groups is 1. The summed E-state index contributed by atoms with van der Waals surface area (Å²) in [5.41, 5.74) is 2.42. The number of anilines is 1. The molecule has 0 atom stereocenters. The summed E-state index contributed by atoms with van der Waals surface area (Å²) in [5.74, 6) is 0.126. The zero-order valence-electron chi connectivity index (χ0n) is 19.5. The van der Waals surface area contributed by atoms with Gasteiger partial charge in [0.2, 0.25) is 5.13 Å². The zero-order chi connectivity index (χ0) is 24.4. The number of rotatable bonds is 6. The molecule has 1 aliphatic carbocycles. The monoisotopic (exact) mass is 515 g/mol. The number of aromatic nitrogens is 4. The molecule has 1 aliphatic heterocycles. The van der Waals surface area contributed by atoms with E-state index in [-0.39, 0.29) is 17.6 Å². The highest BCUT2D eigenvalue weighted by molar-refractivity contribution is 7.17. The lowest BCUT2D eigenvalue weighted by molar-refractivity contribution is -0.0464. The van der Waals surface area contributed by atoms with Crippen LogP contribution in [-0.2, 0) is 4.74 Å². The second-order valence-corrected chi connectivity index (χ2v) is 10.2. The van der Waals surface area contributed by atoms with Crippen LogP contribution < -0.4 is 14.8 Å². The van der Waals surface area contributed by atoms with E-state index in [4.69, 9.17) is 25.8 Å². The Morgan fingerprint density at radius 2 is 2.00 bits per heavy atom. The third kappa shape index (κ3) is 5.24. The molecule has 1 N–H and O–H groups in total. The van der Waals surface area contributed by atoms with Crippen LogP contribution in [0.15, 0.2) is 24.5 Å². The summed E-state index contributed by atoms with van der Waals surface area (Å²) in [6.07, 6.45) is 9.28. The number of nitrogens with one attached hydrogen (secondary N) is 1. The molecule has 0 unspecified atom stereocenters. The summed E-state index contributed by atoms with van der Waals surface area (Å²) in [6.45, 7) is 2.71. The van der Waals surface area contributed by atoms with Gasteiger partial charge in [-0.2, -0.15) is 0 Å². The third-order valence-electron chi connectivity index (χ3n) is 6.55. The van der Waals surface area contributed by atoms with Crippen LogP contribution in [0.5, 0.6) is 10.9 Å². The minimum atomic E-state index is -0.372. The molecule has 35 heavy (non-hydrogen) atoms. The number of nitrogens with zero attached hydrogens (tertiary/aromatic N) is 4. The van der Waals surface area contributed by atoms with E-state index in [1.807, 2.05) is 13.0 Å². The van der Waals surface area contributed by atoms with Crippen molar-refractivity contribution in [2.24, 2.45) is 0 Å². The van der Waals surface area contributed by atoms with Crippen LogP contribution in [0.2, 0.25) is 5.15 Å². The molecule has 2 fully saturated rings. The van der Waals surface area contributed by atoms with Crippen molar-refractivity contribution in [3.8, 4) is 22.1 Å². The van der Waals surface area contributed by atoms with E-state index < -0.39 is 0 Å². The fraction of sp³-hybridized carbons (Fsp3) is 0.458. The Bertz CT molecular complexity index is 1220. The Kier molecular flexibility index (Phi) is 6.86. The number of hydrogen-bond acceptors (Lipinski definition) is 9. The van der Waals surface area contributed by atoms with Crippen molar-refractivity contribution in [1.29, 1.82) is 0 Å². The first-order chi connectivity index (χ1) is 16.9. The fourth-order valence-corrected chi connectivity index (χ4v) is 5.57. The third-order valence-corrected chi connectivity index (χ3v) is 7.49. The predicted molar refractivity (Wildman–Crippen MR) is 132 cm³/mol. The highest BCUT2D eigenvalue weighted by Crippen LogP contribution is 2.41. The largest absolute Gasteiger partial charge is 0.494 e. The van der Waals surface area contributed by atoms with E-state index >= 15 is 0 Å². The summed E-state index contributed by atoms with van der Waals surface area (Å²) in [7, 11) is 1.54. The van der Waals surface area contributed by atoms with Crippen LogP contribution >= 0.6 is 22.9 Å². The number of ether oxygens (including phenoxy) is 3. The number of amides is 1. The van der Waals surface area contributed by atoms with Crippen LogP contribution in [0.3, 0.4) is 0 Å². The van der Waals surface area contributed by atoms with Gasteiger partial charge in [0, 0.05) is 29.6 Å². The van der Waals surface area contributed by atoms with Gasteiger partial charge in [-0.05, 0) is 68.9 Å². The number of halogens is 1. The van der Waals surface area contributed by atoms with E-state index in [0.717, 1.165) is 50.8 Å². The van der Waals surface area contributed by atoms with Crippen molar-refractivity contribution < 1.29 is 19.0 Å². The van der Waals surface area contributed by atoms with E-state index in [1.165, 1.54) is 30.8 Å². The SMILES string of the molecule is COc1cnc(Cl)cc1-c1cc(C)ncc1C(=O)Nc1nnc(O[C@H]2CC[C@]3(CCCO3)CC2)s1. The molecule has 0 aromatic carbocycles. The lowest BCUT2D eigenvalue weighted by Crippen LogP contribution is -2.37. The lowest BCUT2D eigenvalue weighted by atomic mass is 9.81. The zero-order valence-corrected chi connectivity index (χ0v) is 21.1. The highest BCUT2D eigenvalue weighted by Gasteiger charge is 2.39. The molecular weight excluding hydrogens is 490 g/mol. The fourth-order valence-electron chi connectivity index (χ4n) is 4.75. The van der Waals surface area contributed by atoms with Gasteiger partial charge < -0.3 is 14.2 Å².